The first-order valence-corrected chi connectivity index (χ1v) is 10.1. The van der Waals surface area contributed by atoms with Crippen LogP contribution < -0.4 is 15.8 Å². The molecule has 3 aromatic rings. The highest BCUT2D eigenvalue weighted by molar-refractivity contribution is 5.81. The van der Waals surface area contributed by atoms with Crippen LogP contribution in [0, 0.1) is 5.41 Å². The molecule has 0 spiro atoms. The summed E-state index contributed by atoms with van der Waals surface area (Å²) in [6, 6.07) is 15.6. The Morgan fingerprint density at radius 2 is 1.90 bits per heavy atom. The van der Waals surface area contributed by atoms with E-state index in [1.54, 1.807) is 0 Å². The van der Waals surface area contributed by atoms with Crippen molar-refractivity contribution < 1.29 is 9.53 Å². The zero-order valence-corrected chi connectivity index (χ0v) is 17.6. The third kappa shape index (κ3) is 4.88. The number of hydrogen-bond acceptors (Lipinski definition) is 4. The lowest BCUT2D eigenvalue weighted by Gasteiger charge is -2.22. The van der Waals surface area contributed by atoms with E-state index in [1.807, 2.05) is 69.3 Å². The molecule has 0 aliphatic rings. The molecule has 0 fully saturated rings. The monoisotopic (exact) mass is 394 g/mol. The maximum absolute atomic E-state index is 12.1. The average Bonchev–Trinajstić information content (AvgIpc) is 3.00. The molecule has 154 valence electrons. The van der Waals surface area contributed by atoms with Gasteiger partial charge in [0, 0.05) is 24.1 Å². The largest absolute Gasteiger partial charge is 0.457 e. The number of para-hydroxylation sites is 1. The third-order valence-corrected chi connectivity index (χ3v) is 4.95. The van der Waals surface area contributed by atoms with Crippen molar-refractivity contribution >= 4 is 22.9 Å². The van der Waals surface area contributed by atoms with Crippen molar-refractivity contribution in [1.29, 1.82) is 0 Å². The Balaban J connectivity index is 1.81. The highest BCUT2D eigenvalue weighted by Gasteiger charge is 2.22. The van der Waals surface area contributed by atoms with Crippen LogP contribution in [0.25, 0.3) is 11.0 Å². The SMILES string of the molecule is CCC(CCNC(=O)C(C)(C)C)n1c(N)nc2ccc(Oc3ccccc3)cc21. The molecule has 29 heavy (non-hydrogen) atoms. The number of carbonyl (C=O) groups excluding carboxylic acids is 1. The summed E-state index contributed by atoms with van der Waals surface area (Å²) in [4.78, 5) is 16.7. The van der Waals surface area contributed by atoms with Crippen LogP contribution in [-0.4, -0.2) is 22.0 Å². The topological polar surface area (TPSA) is 82.2 Å². The predicted molar refractivity (Wildman–Crippen MR) is 117 cm³/mol. The molecular formula is C23H30N4O2. The second kappa shape index (κ2) is 8.55. The van der Waals surface area contributed by atoms with E-state index in [0.29, 0.717) is 12.5 Å². The van der Waals surface area contributed by atoms with Crippen LogP contribution in [-0.2, 0) is 4.79 Å². The molecule has 0 saturated carbocycles. The number of ether oxygens (including phenoxy) is 1. The Morgan fingerprint density at radius 3 is 2.55 bits per heavy atom. The van der Waals surface area contributed by atoms with Gasteiger partial charge in [-0.1, -0.05) is 45.9 Å². The lowest BCUT2D eigenvalue weighted by atomic mass is 9.95. The number of amides is 1. The lowest BCUT2D eigenvalue weighted by molar-refractivity contribution is -0.128. The summed E-state index contributed by atoms with van der Waals surface area (Å²) in [6.07, 6.45) is 1.66. The number of fused-ring (bicyclic) bond motifs is 1. The smallest absolute Gasteiger partial charge is 0.225 e. The lowest BCUT2D eigenvalue weighted by Crippen LogP contribution is -2.36. The minimum Gasteiger partial charge on any atom is -0.457 e. The van der Waals surface area contributed by atoms with Crippen molar-refractivity contribution in [1.82, 2.24) is 14.9 Å². The van der Waals surface area contributed by atoms with Crippen molar-refractivity contribution in [2.45, 2.75) is 46.6 Å². The number of nitrogens with two attached hydrogens (primary N) is 1. The summed E-state index contributed by atoms with van der Waals surface area (Å²) >= 11 is 0. The van der Waals surface area contributed by atoms with Gasteiger partial charge in [-0.25, -0.2) is 4.98 Å². The Kier molecular flexibility index (Phi) is 6.11. The van der Waals surface area contributed by atoms with E-state index < -0.39 is 5.41 Å². The van der Waals surface area contributed by atoms with Crippen LogP contribution in [0.5, 0.6) is 11.5 Å². The quantitative estimate of drug-likeness (QED) is 0.596. The molecule has 0 radical (unpaired) electrons. The number of nitrogens with zero attached hydrogens (tertiary/aromatic N) is 2. The van der Waals surface area contributed by atoms with E-state index in [0.717, 1.165) is 35.4 Å². The fourth-order valence-corrected chi connectivity index (χ4v) is 3.30. The molecule has 0 saturated heterocycles. The maximum atomic E-state index is 12.1. The fraction of sp³-hybridized carbons (Fsp3) is 0.391. The summed E-state index contributed by atoms with van der Waals surface area (Å²) in [5.74, 6) is 2.05. The summed E-state index contributed by atoms with van der Waals surface area (Å²) in [5.41, 5.74) is 7.63. The van der Waals surface area contributed by atoms with Gasteiger partial charge in [-0.2, -0.15) is 0 Å². The van der Waals surface area contributed by atoms with Crippen LogP contribution in [0.1, 0.15) is 46.6 Å². The number of rotatable bonds is 7. The number of hydrogen-bond donors (Lipinski definition) is 2. The van der Waals surface area contributed by atoms with Crippen LogP contribution in [0.2, 0.25) is 0 Å². The normalized spacial score (nSPS) is 12.7. The van der Waals surface area contributed by atoms with Gasteiger partial charge in [0.1, 0.15) is 11.5 Å². The van der Waals surface area contributed by atoms with Crippen molar-refractivity contribution in [3.8, 4) is 11.5 Å². The second-order valence-corrected chi connectivity index (χ2v) is 8.26. The number of benzene rings is 2. The molecule has 1 aromatic heterocycles. The fourth-order valence-electron chi connectivity index (χ4n) is 3.30. The van der Waals surface area contributed by atoms with Gasteiger partial charge >= 0.3 is 0 Å². The molecule has 6 nitrogen and oxygen atoms in total. The first-order chi connectivity index (χ1) is 13.8. The molecule has 0 aliphatic carbocycles. The molecule has 2 aromatic carbocycles. The molecule has 0 aliphatic heterocycles. The molecule has 3 N–H and O–H groups in total. The second-order valence-electron chi connectivity index (χ2n) is 8.26. The Bertz CT molecular complexity index is 974. The number of anilines is 1. The highest BCUT2D eigenvalue weighted by Crippen LogP contribution is 2.31. The Morgan fingerprint density at radius 1 is 1.17 bits per heavy atom. The number of nitrogens with one attached hydrogen (secondary N) is 1. The van der Waals surface area contributed by atoms with Gasteiger partial charge in [0.2, 0.25) is 11.9 Å². The minimum atomic E-state index is -0.397. The zero-order chi connectivity index (χ0) is 21.0. The van der Waals surface area contributed by atoms with Crippen molar-refractivity contribution in [3.63, 3.8) is 0 Å². The van der Waals surface area contributed by atoms with E-state index in [2.05, 4.69) is 21.8 Å². The van der Waals surface area contributed by atoms with Gasteiger partial charge in [0.15, 0.2) is 0 Å². The number of aromatic nitrogens is 2. The third-order valence-electron chi connectivity index (χ3n) is 4.95. The van der Waals surface area contributed by atoms with Gasteiger partial charge in [-0.15, -0.1) is 0 Å². The van der Waals surface area contributed by atoms with Gasteiger partial charge in [0.25, 0.3) is 0 Å². The molecule has 1 atom stereocenters. The zero-order valence-electron chi connectivity index (χ0n) is 17.6. The number of nitrogen functional groups attached to an aromatic ring is 1. The molecule has 1 heterocycles. The standard InChI is InChI=1S/C23H30N4O2/c1-5-16(13-14-25-21(28)23(2,3)4)27-20-15-18(11-12-19(20)26-22(27)24)29-17-9-7-6-8-10-17/h6-12,15-16H,5,13-14H2,1-4H3,(H2,24,26)(H,25,28). The molecule has 1 unspecified atom stereocenters. The molecular weight excluding hydrogens is 364 g/mol. The molecule has 0 bridgehead atoms. The first kappa shape index (κ1) is 20.7. The molecule has 3 rings (SSSR count). The number of imidazole rings is 1. The summed E-state index contributed by atoms with van der Waals surface area (Å²) in [6.45, 7) is 8.44. The van der Waals surface area contributed by atoms with Crippen molar-refractivity contribution in [3.05, 3.63) is 48.5 Å². The first-order valence-electron chi connectivity index (χ1n) is 10.1. The minimum absolute atomic E-state index is 0.0503. The summed E-state index contributed by atoms with van der Waals surface area (Å²) < 4.78 is 8.03. The molecule has 6 heteroatoms. The van der Waals surface area contributed by atoms with Gasteiger partial charge in [-0.3, -0.25) is 4.79 Å². The Hall–Kier alpha value is -3.02. The van der Waals surface area contributed by atoms with Gasteiger partial charge in [0.05, 0.1) is 11.0 Å². The van der Waals surface area contributed by atoms with Gasteiger partial charge < -0.3 is 20.4 Å². The van der Waals surface area contributed by atoms with Crippen molar-refractivity contribution in [2.24, 2.45) is 5.41 Å². The van der Waals surface area contributed by atoms with Crippen molar-refractivity contribution in [2.75, 3.05) is 12.3 Å². The van der Waals surface area contributed by atoms with Crippen LogP contribution in [0.3, 0.4) is 0 Å². The van der Waals surface area contributed by atoms with E-state index in [4.69, 9.17) is 10.5 Å². The Labute approximate surface area is 172 Å². The van der Waals surface area contributed by atoms with Gasteiger partial charge in [-0.05, 0) is 37.1 Å². The van der Waals surface area contributed by atoms with Crippen LogP contribution in [0.4, 0.5) is 5.95 Å². The maximum Gasteiger partial charge on any atom is 0.225 e. The highest BCUT2D eigenvalue weighted by atomic mass is 16.5. The summed E-state index contributed by atoms with van der Waals surface area (Å²) in [5, 5.41) is 3.02. The number of carbonyl (C=O) groups is 1. The average molecular weight is 395 g/mol. The molecule has 1 amide bonds. The van der Waals surface area contributed by atoms with E-state index in [-0.39, 0.29) is 11.9 Å². The summed E-state index contributed by atoms with van der Waals surface area (Å²) in [7, 11) is 0. The van der Waals surface area contributed by atoms with Crippen LogP contribution in [0.15, 0.2) is 48.5 Å². The van der Waals surface area contributed by atoms with Crippen LogP contribution >= 0.6 is 0 Å². The van der Waals surface area contributed by atoms with E-state index in [1.165, 1.54) is 0 Å². The van der Waals surface area contributed by atoms with E-state index in [9.17, 15) is 4.79 Å². The predicted octanol–water partition coefficient (Wildman–Crippen LogP) is 4.91. The van der Waals surface area contributed by atoms with E-state index >= 15 is 0 Å².